The molecule has 0 fully saturated rings. The highest BCUT2D eigenvalue weighted by Gasteiger charge is 2.18. The second-order valence-corrected chi connectivity index (χ2v) is 16.1. The molecule has 2 atom stereocenters. The zero-order valence-electron chi connectivity index (χ0n) is 36.0. The molecule has 0 heterocycles. The fourth-order valence-corrected chi connectivity index (χ4v) is 7.04. The summed E-state index contributed by atoms with van der Waals surface area (Å²) in [7, 11) is 0. The molecule has 0 aliphatic carbocycles. The van der Waals surface area contributed by atoms with Crippen molar-refractivity contribution in [1.29, 1.82) is 0 Å². The van der Waals surface area contributed by atoms with Gasteiger partial charge in [0.05, 0.1) is 25.4 Å². The summed E-state index contributed by atoms with van der Waals surface area (Å²) in [6.45, 7) is 4.81. The van der Waals surface area contributed by atoms with E-state index in [1.165, 1.54) is 161 Å². The Bertz CT molecular complexity index is 843. The Labute approximate surface area is 335 Å². The van der Waals surface area contributed by atoms with Gasteiger partial charge in [-0.05, 0) is 57.8 Å². The van der Waals surface area contributed by atoms with Crippen LogP contribution in [0.5, 0.6) is 0 Å². The van der Waals surface area contributed by atoms with Gasteiger partial charge in [-0.2, -0.15) is 0 Å². The van der Waals surface area contributed by atoms with E-state index in [0.717, 1.165) is 57.8 Å². The normalized spacial score (nSPS) is 12.9. The number of rotatable bonds is 43. The van der Waals surface area contributed by atoms with Crippen molar-refractivity contribution in [3.63, 3.8) is 0 Å². The number of aliphatic hydroxyl groups excluding tert-OH is 2. The van der Waals surface area contributed by atoms with Gasteiger partial charge in [0.1, 0.15) is 0 Å². The number of nitrogens with one attached hydrogen (secondary N) is 1. The van der Waals surface area contributed by atoms with Crippen LogP contribution in [0.3, 0.4) is 0 Å². The van der Waals surface area contributed by atoms with Crippen LogP contribution in [-0.2, 0) is 14.3 Å². The third kappa shape index (κ3) is 40.0. The van der Waals surface area contributed by atoms with Crippen molar-refractivity contribution in [2.24, 2.45) is 0 Å². The molecule has 0 aromatic carbocycles. The molecule has 0 saturated heterocycles. The first-order chi connectivity index (χ1) is 26.5. The molecule has 318 valence electrons. The minimum Gasteiger partial charge on any atom is -0.466 e. The first kappa shape index (κ1) is 52.3. The highest BCUT2D eigenvalue weighted by Crippen LogP contribution is 2.15. The predicted octanol–water partition coefficient (Wildman–Crippen LogP) is 13.6. The Kier molecular flexibility index (Phi) is 42.7. The highest BCUT2D eigenvalue weighted by molar-refractivity contribution is 5.76. The SMILES string of the molecule is CCCCCC/C=C\CCCCCCCC(=O)OCCCCCCCCCCCC(=O)NC(CO)C(O)/C=C/CCCCCCCCCCCCCCC. The molecule has 6 heteroatoms. The first-order valence-corrected chi connectivity index (χ1v) is 23.6. The highest BCUT2D eigenvalue weighted by atomic mass is 16.5. The third-order valence-electron chi connectivity index (χ3n) is 10.7. The minimum atomic E-state index is -0.861. The molecule has 0 bridgehead atoms. The molecule has 3 N–H and O–H groups in total. The van der Waals surface area contributed by atoms with Crippen LogP contribution in [0.25, 0.3) is 0 Å². The summed E-state index contributed by atoms with van der Waals surface area (Å²) in [5, 5.41) is 23.0. The number of unbranched alkanes of at least 4 members (excludes halogenated alkanes) is 30. The van der Waals surface area contributed by atoms with Crippen LogP contribution < -0.4 is 5.32 Å². The topological polar surface area (TPSA) is 95.9 Å². The number of carbonyl (C=O) groups is 2. The van der Waals surface area contributed by atoms with E-state index in [2.05, 4.69) is 31.3 Å². The van der Waals surface area contributed by atoms with Gasteiger partial charge < -0.3 is 20.3 Å². The Balaban J connectivity index is 3.55. The lowest BCUT2D eigenvalue weighted by atomic mass is 10.0. The van der Waals surface area contributed by atoms with Crippen LogP contribution in [0.4, 0.5) is 0 Å². The van der Waals surface area contributed by atoms with E-state index in [4.69, 9.17) is 4.74 Å². The van der Waals surface area contributed by atoms with Crippen LogP contribution in [0.1, 0.15) is 245 Å². The van der Waals surface area contributed by atoms with Gasteiger partial charge in [-0.1, -0.05) is 199 Å². The van der Waals surface area contributed by atoms with Crippen molar-refractivity contribution < 1.29 is 24.5 Å². The first-order valence-electron chi connectivity index (χ1n) is 23.6. The van der Waals surface area contributed by atoms with Crippen molar-refractivity contribution in [2.45, 2.75) is 257 Å². The van der Waals surface area contributed by atoms with Gasteiger partial charge in [0.15, 0.2) is 0 Å². The van der Waals surface area contributed by atoms with Crippen molar-refractivity contribution in [2.75, 3.05) is 13.2 Å². The summed E-state index contributed by atoms with van der Waals surface area (Å²) >= 11 is 0. The largest absolute Gasteiger partial charge is 0.466 e. The van der Waals surface area contributed by atoms with Crippen LogP contribution in [0.15, 0.2) is 24.3 Å². The molecule has 0 radical (unpaired) electrons. The Morgan fingerprint density at radius 2 is 0.870 bits per heavy atom. The fraction of sp³-hybridized carbons (Fsp3) is 0.875. The van der Waals surface area contributed by atoms with E-state index in [0.29, 0.717) is 19.4 Å². The van der Waals surface area contributed by atoms with Crippen molar-refractivity contribution in [3.8, 4) is 0 Å². The molecule has 1 amide bonds. The molecule has 0 rings (SSSR count). The van der Waals surface area contributed by atoms with Gasteiger partial charge in [-0.25, -0.2) is 0 Å². The molecular formula is C48H91NO5. The quantitative estimate of drug-likeness (QED) is 0.0327. The van der Waals surface area contributed by atoms with E-state index in [9.17, 15) is 19.8 Å². The van der Waals surface area contributed by atoms with E-state index < -0.39 is 12.1 Å². The molecule has 0 aliphatic heterocycles. The van der Waals surface area contributed by atoms with Gasteiger partial charge in [-0.15, -0.1) is 0 Å². The van der Waals surface area contributed by atoms with Gasteiger partial charge in [0.2, 0.25) is 5.91 Å². The summed E-state index contributed by atoms with van der Waals surface area (Å²) in [6.07, 6.45) is 50.2. The second kappa shape index (κ2) is 44.1. The average Bonchev–Trinajstić information content (AvgIpc) is 3.17. The maximum Gasteiger partial charge on any atom is 0.305 e. The van der Waals surface area contributed by atoms with E-state index >= 15 is 0 Å². The number of hydrogen-bond acceptors (Lipinski definition) is 5. The van der Waals surface area contributed by atoms with E-state index in [1.54, 1.807) is 6.08 Å². The maximum absolute atomic E-state index is 12.4. The molecule has 0 aliphatic rings. The molecule has 0 saturated carbocycles. The lowest BCUT2D eigenvalue weighted by Gasteiger charge is -2.20. The maximum atomic E-state index is 12.4. The molecule has 0 spiro atoms. The summed E-state index contributed by atoms with van der Waals surface area (Å²) in [4.78, 5) is 24.4. The Morgan fingerprint density at radius 3 is 1.33 bits per heavy atom. The molecule has 54 heavy (non-hydrogen) atoms. The van der Waals surface area contributed by atoms with E-state index in [1.807, 2.05) is 6.08 Å². The fourth-order valence-electron chi connectivity index (χ4n) is 7.04. The predicted molar refractivity (Wildman–Crippen MR) is 232 cm³/mol. The van der Waals surface area contributed by atoms with Gasteiger partial charge >= 0.3 is 5.97 Å². The smallest absolute Gasteiger partial charge is 0.305 e. The number of hydrogen-bond donors (Lipinski definition) is 3. The third-order valence-corrected chi connectivity index (χ3v) is 10.7. The van der Waals surface area contributed by atoms with Crippen LogP contribution in [-0.4, -0.2) is 47.4 Å². The Morgan fingerprint density at radius 1 is 0.500 bits per heavy atom. The van der Waals surface area contributed by atoms with Gasteiger partial charge in [0, 0.05) is 12.8 Å². The van der Waals surface area contributed by atoms with E-state index in [-0.39, 0.29) is 18.5 Å². The zero-order chi connectivity index (χ0) is 39.4. The number of carbonyl (C=O) groups excluding carboxylic acids is 2. The van der Waals surface area contributed by atoms with Crippen molar-refractivity contribution in [1.82, 2.24) is 5.32 Å². The molecule has 0 aromatic heterocycles. The lowest BCUT2D eigenvalue weighted by molar-refractivity contribution is -0.143. The monoisotopic (exact) mass is 762 g/mol. The summed E-state index contributed by atoms with van der Waals surface area (Å²) in [5.74, 6) is -0.133. The lowest BCUT2D eigenvalue weighted by Crippen LogP contribution is -2.45. The molecule has 2 unspecified atom stereocenters. The van der Waals surface area contributed by atoms with Crippen molar-refractivity contribution in [3.05, 3.63) is 24.3 Å². The second-order valence-electron chi connectivity index (χ2n) is 16.1. The number of aliphatic hydroxyl groups is 2. The number of amides is 1. The molecule has 0 aromatic rings. The van der Waals surface area contributed by atoms with Gasteiger partial charge in [-0.3, -0.25) is 9.59 Å². The number of ether oxygens (including phenoxy) is 1. The number of allylic oxidation sites excluding steroid dienone is 3. The molecule has 6 nitrogen and oxygen atoms in total. The summed E-state index contributed by atoms with van der Waals surface area (Å²) in [6, 6.07) is -0.647. The van der Waals surface area contributed by atoms with Crippen LogP contribution in [0.2, 0.25) is 0 Å². The standard InChI is InChI=1S/C48H91NO5/c1-3-5-7-9-11-13-15-17-18-20-21-24-28-32-36-40-46(51)45(44-50)49-47(52)41-37-33-29-25-23-27-31-35-39-43-54-48(53)42-38-34-30-26-22-19-16-14-12-10-8-6-4-2/h14,16,36,40,45-46,50-51H,3-13,15,17-35,37-39,41-44H2,1-2H3,(H,49,52)/b16-14-,40-36+. The molecular weight excluding hydrogens is 671 g/mol. The average molecular weight is 762 g/mol. The van der Waals surface area contributed by atoms with Crippen LogP contribution >= 0.6 is 0 Å². The number of esters is 1. The zero-order valence-corrected chi connectivity index (χ0v) is 36.0. The van der Waals surface area contributed by atoms with Gasteiger partial charge in [0.25, 0.3) is 0 Å². The van der Waals surface area contributed by atoms with Crippen molar-refractivity contribution >= 4 is 11.9 Å². The minimum absolute atomic E-state index is 0.0370. The Hall–Kier alpha value is -1.66. The summed E-state index contributed by atoms with van der Waals surface area (Å²) < 4.78 is 5.43. The summed E-state index contributed by atoms with van der Waals surface area (Å²) in [5.41, 5.74) is 0. The van der Waals surface area contributed by atoms with Crippen LogP contribution in [0, 0.1) is 0 Å².